The van der Waals surface area contributed by atoms with Crippen LogP contribution >= 0.6 is 0 Å². The normalized spacial score (nSPS) is 10.4. The lowest BCUT2D eigenvalue weighted by molar-refractivity contribution is 0.102. The average molecular weight is 424 g/mol. The van der Waals surface area contributed by atoms with E-state index in [2.05, 4.69) is 0 Å². The maximum atomic E-state index is 13.3. The molecule has 0 aliphatic carbocycles. The molecule has 0 aromatic heterocycles. The molecule has 2 aromatic rings. The molecule has 0 aliphatic heterocycles. The number of hydrogen-bond donors (Lipinski definition) is 3. The molecule has 0 amide bonds. The van der Waals surface area contributed by atoms with E-state index in [1.165, 1.54) is 18.2 Å². The van der Waals surface area contributed by atoms with Crippen LogP contribution in [0.1, 0.15) is 65.1 Å². The van der Waals surface area contributed by atoms with E-state index in [9.17, 15) is 24.9 Å². The first-order chi connectivity index (χ1) is 14.6. The number of carbonyl (C=O) groups is 2. The molecule has 6 nitrogen and oxygen atoms in total. The van der Waals surface area contributed by atoms with Crippen LogP contribution in [0.4, 0.5) is 0 Å². The second kappa shape index (κ2) is 9.98. The SMILES string of the molecule is CC(C)=CCOc1c(C)cc(O)c(C(=O)c2c(O)ccc(CC=C(C)C)c2O)c1C=O. The molecule has 0 aliphatic rings. The summed E-state index contributed by atoms with van der Waals surface area (Å²) in [4.78, 5) is 25.2. The second-order valence-corrected chi connectivity index (χ2v) is 7.82. The van der Waals surface area contributed by atoms with Crippen LogP contribution in [0.15, 0.2) is 41.5 Å². The molecule has 2 rings (SSSR count). The van der Waals surface area contributed by atoms with Crippen molar-refractivity contribution in [3.05, 3.63) is 69.3 Å². The summed E-state index contributed by atoms with van der Waals surface area (Å²) >= 11 is 0. The molecule has 0 unspecified atom stereocenters. The molecular weight excluding hydrogens is 396 g/mol. The van der Waals surface area contributed by atoms with Gasteiger partial charge in [-0.25, -0.2) is 0 Å². The predicted molar refractivity (Wildman–Crippen MR) is 119 cm³/mol. The van der Waals surface area contributed by atoms with Gasteiger partial charge in [0.1, 0.15) is 35.2 Å². The third-order valence-corrected chi connectivity index (χ3v) is 4.74. The van der Waals surface area contributed by atoms with Gasteiger partial charge in [0, 0.05) is 0 Å². The molecule has 0 saturated heterocycles. The van der Waals surface area contributed by atoms with Crippen molar-refractivity contribution >= 4 is 12.1 Å². The van der Waals surface area contributed by atoms with Gasteiger partial charge in [-0.1, -0.05) is 23.3 Å². The van der Waals surface area contributed by atoms with Gasteiger partial charge >= 0.3 is 0 Å². The number of rotatable bonds is 8. The van der Waals surface area contributed by atoms with E-state index in [-0.39, 0.29) is 29.0 Å². The summed E-state index contributed by atoms with van der Waals surface area (Å²) in [6.07, 6.45) is 4.47. The Morgan fingerprint density at radius 2 is 1.61 bits per heavy atom. The minimum Gasteiger partial charge on any atom is -0.507 e. The van der Waals surface area contributed by atoms with Gasteiger partial charge in [0.05, 0.1) is 11.1 Å². The highest BCUT2D eigenvalue weighted by Crippen LogP contribution is 2.39. The third kappa shape index (κ3) is 5.34. The maximum Gasteiger partial charge on any atom is 0.205 e. The van der Waals surface area contributed by atoms with Crippen molar-refractivity contribution in [1.29, 1.82) is 0 Å². The third-order valence-electron chi connectivity index (χ3n) is 4.74. The Morgan fingerprint density at radius 1 is 0.968 bits per heavy atom. The van der Waals surface area contributed by atoms with Crippen molar-refractivity contribution in [2.75, 3.05) is 6.61 Å². The van der Waals surface area contributed by atoms with Gasteiger partial charge in [0.2, 0.25) is 5.78 Å². The van der Waals surface area contributed by atoms with E-state index >= 15 is 0 Å². The number of ketones is 1. The fourth-order valence-electron chi connectivity index (χ4n) is 3.09. The lowest BCUT2D eigenvalue weighted by Crippen LogP contribution is -2.11. The van der Waals surface area contributed by atoms with Gasteiger partial charge in [0.25, 0.3) is 0 Å². The highest BCUT2D eigenvalue weighted by Gasteiger charge is 2.28. The van der Waals surface area contributed by atoms with Gasteiger partial charge in [-0.05, 0) is 70.4 Å². The number of phenolic OH excluding ortho intramolecular Hbond substituents is 3. The highest BCUT2D eigenvalue weighted by molar-refractivity contribution is 6.18. The van der Waals surface area contributed by atoms with Gasteiger partial charge in [-0.15, -0.1) is 0 Å². The van der Waals surface area contributed by atoms with Crippen LogP contribution in [0.2, 0.25) is 0 Å². The Morgan fingerprint density at radius 3 is 2.19 bits per heavy atom. The molecule has 3 N–H and O–H groups in total. The zero-order chi connectivity index (χ0) is 23.3. The molecule has 164 valence electrons. The summed E-state index contributed by atoms with van der Waals surface area (Å²) in [5, 5.41) is 31.5. The summed E-state index contributed by atoms with van der Waals surface area (Å²) in [7, 11) is 0. The minimum atomic E-state index is -0.874. The number of benzene rings is 2. The van der Waals surface area contributed by atoms with Crippen LogP contribution in [0.3, 0.4) is 0 Å². The molecule has 0 bridgehead atoms. The zero-order valence-electron chi connectivity index (χ0n) is 18.4. The fourth-order valence-corrected chi connectivity index (χ4v) is 3.09. The van der Waals surface area contributed by atoms with Crippen molar-refractivity contribution < 1.29 is 29.6 Å². The quantitative estimate of drug-likeness (QED) is 0.313. The van der Waals surface area contributed by atoms with E-state index < -0.39 is 23.0 Å². The maximum absolute atomic E-state index is 13.3. The Balaban J connectivity index is 2.64. The van der Waals surface area contributed by atoms with Gasteiger partial charge in [0.15, 0.2) is 6.29 Å². The summed E-state index contributed by atoms with van der Waals surface area (Å²) in [5.74, 6) is -2.00. The van der Waals surface area contributed by atoms with Crippen molar-refractivity contribution in [3.63, 3.8) is 0 Å². The van der Waals surface area contributed by atoms with Crippen molar-refractivity contribution in [3.8, 4) is 23.0 Å². The average Bonchev–Trinajstić information content (AvgIpc) is 2.68. The van der Waals surface area contributed by atoms with Crippen molar-refractivity contribution in [1.82, 2.24) is 0 Å². The topological polar surface area (TPSA) is 104 Å². The van der Waals surface area contributed by atoms with Crippen LogP contribution in [0, 0.1) is 6.92 Å². The lowest BCUT2D eigenvalue weighted by Gasteiger charge is -2.16. The zero-order valence-corrected chi connectivity index (χ0v) is 18.4. The summed E-state index contributed by atoms with van der Waals surface area (Å²) in [6, 6.07) is 4.14. The number of aryl methyl sites for hydroxylation is 1. The molecule has 2 aromatic carbocycles. The first kappa shape index (κ1) is 23.7. The van der Waals surface area contributed by atoms with Crippen LogP contribution in [0.25, 0.3) is 0 Å². The summed E-state index contributed by atoms with van der Waals surface area (Å²) in [6.45, 7) is 9.43. The number of ether oxygens (including phenoxy) is 1. The molecule has 6 heteroatoms. The fraction of sp³-hybridized carbons (Fsp3) is 0.280. The van der Waals surface area contributed by atoms with Crippen LogP contribution < -0.4 is 4.74 Å². The number of allylic oxidation sites excluding steroid dienone is 3. The molecule has 0 atom stereocenters. The minimum absolute atomic E-state index is 0.141. The van der Waals surface area contributed by atoms with E-state index in [1.807, 2.05) is 39.8 Å². The second-order valence-electron chi connectivity index (χ2n) is 7.82. The summed E-state index contributed by atoms with van der Waals surface area (Å²) < 4.78 is 5.70. The molecule has 0 heterocycles. The first-order valence-corrected chi connectivity index (χ1v) is 9.88. The number of carbonyl (C=O) groups excluding carboxylic acids is 2. The number of aromatic hydroxyl groups is 3. The van der Waals surface area contributed by atoms with Gasteiger partial charge in [-0.2, -0.15) is 0 Å². The molecular formula is C25H28O6. The van der Waals surface area contributed by atoms with E-state index in [0.717, 1.165) is 11.1 Å². The Hall–Kier alpha value is -3.54. The first-order valence-electron chi connectivity index (χ1n) is 9.88. The molecule has 31 heavy (non-hydrogen) atoms. The monoisotopic (exact) mass is 424 g/mol. The Bertz CT molecular complexity index is 1070. The molecule has 0 saturated carbocycles. The van der Waals surface area contributed by atoms with Gasteiger partial charge in [-0.3, -0.25) is 9.59 Å². The van der Waals surface area contributed by atoms with Crippen LogP contribution in [0.5, 0.6) is 23.0 Å². The van der Waals surface area contributed by atoms with Crippen molar-refractivity contribution in [2.24, 2.45) is 0 Å². The highest BCUT2D eigenvalue weighted by atomic mass is 16.5. The van der Waals surface area contributed by atoms with E-state index in [0.29, 0.717) is 23.8 Å². The van der Waals surface area contributed by atoms with Crippen molar-refractivity contribution in [2.45, 2.75) is 41.0 Å². The molecule has 0 fully saturated rings. The number of phenols is 3. The van der Waals surface area contributed by atoms with Crippen LogP contribution in [-0.2, 0) is 6.42 Å². The number of hydrogen-bond acceptors (Lipinski definition) is 6. The van der Waals surface area contributed by atoms with Gasteiger partial charge < -0.3 is 20.1 Å². The lowest BCUT2D eigenvalue weighted by atomic mass is 9.92. The van der Waals surface area contributed by atoms with Crippen LogP contribution in [-0.4, -0.2) is 34.0 Å². The summed E-state index contributed by atoms with van der Waals surface area (Å²) in [5.41, 5.74) is 2.10. The number of aldehydes is 1. The Kier molecular flexibility index (Phi) is 7.64. The Labute approximate surface area is 182 Å². The smallest absolute Gasteiger partial charge is 0.205 e. The largest absolute Gasteiger partial charge is 0.507 e. The molecule has 0 radical (unpaired) electrons. The van der Waals surface area contributed by atoms with E-state index in [1.54, 1.807) is 6.92 Å². The predicted octanol–water partition coefficient (Wildman–Crippen LogP) is 5.01. The van der Waals surface area contributed by atoms with E-state index in [4.69, 9.17) is 4.74 Å². The standard InChI is InChI=1S/C25H28O6/c1-14(2)6-7-17-8-9-19(27)22(23(17)29)24(30)21-18(13-26)25(16(5)12-20(21)28)31-11-10-15(3)4/h6,8-10,12-13,27-29H,7,11H2,1-5H3. The molecule has 0 spiro atoms.